The fraction of sp³-hybridized carbons (Fsp3) is 0.300. The fourth-order valence-corrected chi connectivity index (χ4v) is 4.90. The van der Waals surface area contributed by atoms with E-state index in [9.17, 15) is 9.18 Å². The largest absolute Gasteiger partial charge is 0.493 e. The Hall–Kier alpha value is -4.20. The standard InChI is InChI=1S/C30H30FN3O4/c1-36-26-16-21(17-27(37-2)28(26)38-19-20-9-8-12-23(31)15-20)18-32-34-29(22-10-4-3-5-11-22)33-25-14-7-6-13-24(25)30(34)35/h6-9,12-18,22H,3-5,10-11,19H2,1-2H3. The van der Waals surface area contributed by atoms with Crippen LogP contribution in [0.3, 0.4) is 0 Å². The number of ether oxygens (including phenoxy) is 3. The Kier molecular flexibility index (Phi) is 7.67. The molecular weight excluding hydrogens is 485 g/mol. The second-order valence-electron chi connectivity index (χ2n) is 9.36. The van der Waals surface area contributed by atoms with Gasteiger partial charge in [-0.25, -0.2) is 9.37 Å². The quantitative estimate of drug-likeness (QED) is 0.267. The second-order valence-corrected chi connectivity index (χ2v) is 9.36. The summed E-state index contributed by atoms with van der Waals surface area (Å²) in [6, 6.07) is 17.1. The first kappa shape index (κ1) is 25.4. The van der Waals surface area contributed by atoms with Crippen molar-refractivity contribution in [2.45, 2.75) is 44.6 Å². The number of hydrogen-bond acceptors (Lipinski definition) is 6. The number of benzene rings is 3. The van der Waals surface area contributed by atoms with Crippen LogP contribution in [0.25, 0.3) is 10.9 Å². The van der Waals surface area contributed by atoms with Gasteiger partial charge in [0.25, 0.3) is 5.56 Å². The monoisotopic (exact) mass is 515 g/mol. The smallest absolute Gasteiger partial charge is 0.282 e. The number of methoxy groups -OCH3 is 2. The lowest BCUT2D eigenvalue weighted by atomic mass is 9.88. The van der Waals surface area contributed by atoms with Crippen LogP contribution in [-0.4, -0.2) is 30.1 Å². The van der Waals surface area contributed by atoms with E-state index in [0.717, 1.165) is 25.7 Å². The van der Waals surface area contributed by atoms with Crippen molar-refractivity contribution >= 4 is 17.1 Å². The number of fused-ring (bicyclic) bond motifs is 1. The van der Waals surface area contributed by atoms with Crippen molar-refractivity contribution in [2.75, 3.05) is 14.2 Å². The summed E-state index contributed by atoms with van der Waals surface area (Å²) in [6.45, 7) is 0.140. The van der Waals surface area contributed by atoms with Gasteiger partial charge in [-0.05, 0) is 54.8 Å². The molecule has 196 valence electrons. The van der Waals surface area contributed by atoms with Crippen LogP contribution >= 0.6 is 0 Å². The number of halogens is 1. The molecule has 0 amide bonds. The molecule has 0 N–H and O–H groups in total. The molecule has 1 heterocycles. The third-order valence-electron chi connectivity index (χ3n) is 6.83. The van der Waals surface area contributed by atoms with Crippen LogP contribution < -0.4 is 19.8 Å². The molecule has 0 aliphatic heterocycles. The maximum Gasteiger partial charge on any atom is 0.282 e. The molecule has 1 aliphatic carbocycles. The summed E-state index contributed by atoms with van der Waals surface area (Å²) < 4.78 is 32.1. The van der Waals surface area contributed by atoms with Gasteiger partial charge in [-0.3, -0.25) is 4.79 Å². The second kappa shape index (κ2) is 11.5. The zero-order valence-corrected chi connectivity index (χ0v) is 21.5. The summed E-state index contributed by atoms with van der Waals surface area (Å²) >= 11 is 0. The van der Waals surface area contributed by atoms with Crippen molar-refractivity contribution in [2.24, 2.45) is 5.10 Å². The third-order valence-corrected chi connectivity index (χ3v) is 6.83. The average molecular weight is 516 g/mol. The fourth-order valence-electron chi connectivity index (χ4n) is 4.90. The van der Waals surface area contributed by atoms with Gasteiger partial charge in [-0.15, -0.1) is 0 Å². The molecule has 0 saturated heterocycles. The molecule has 0 radical (unpaired) electrons. The van der Waals surface area contributed by atoms with Crippen LogP contribution in [0.5, 0.6) is 17.2 Å². The van der Waals surface area contributed by atoms with Crippen LogP contribution in [0, 0.1) is 5.82 Å². The third kappa shape index (κ3) is 5.39. The zero-order valence-electron chi connectivity index (χ0n) is 21.5. The maximum absolute atomic E-state index is 13.6. The Bertz CT molecular complexity index is 1500. The minimum atomic E-state index is -0.331. The average Bonchev–Trinajstić information content (AvgIpc) is 2.95. The summed E-state index contributed by atoms with van der Waals surface area (Å²) in [4.78, 5) is 18.3. The molecule has 1 aliphatic rings. The maximum atomic E-state index is 13.6. The lowest BCUT2D eigenvalue weighted by Gasteiger charge is -2.22. The van der Waals surface area contributed by atoms with E-state index in [1.54, 1.807) is 36.5 Å². The molecule has 0 bridgehead atoms. The van der Waals surface area contributed by atoms with Crippen molar-refractivity contribution in [3.63, 3.8) is 0 Å². The van der Waals surface area contributed by atoms with Crippen LogP contribution in [0.1, 0.15) is 55.0 Å². The van der Waals surface area contributed by atoms with Gasteiger partial charge >= 0.3 is 0 Å². The molecule has 0 atom stereocenters. The van der Waals surface area contributed by atoms with Crippen molar-refractivity contribution in [3.8, 4) is 17.2 Å². The van der Waals surface area contributed by atoms with Crippen LogP contribution in [0.15, 0.2) is 70.6 Å². The Labute approximate surface area is 220 Å². The molecule has 1 aromatic heterocycles. The van der Waals surface area contributed by atoms with Gasteiger partial charge in [-0.1, -0.05) is 43.5 Å². The molecule has 8 heteroatoms. The Morgan fingerprint density at radius 2 is 1.74 bits per heavy atom. The van der Waals surface area contributed by atoms with Crippen molar-refractivity contribution in [3.05, 3.63) is 93.8 Å². The van der Waals surface area contributed by atoms with Crippen molar-refractivity contribution in [1.82, 2.24) is 9.66 Å². The zero-order chi connectivity index (χ0) is 26.5. The predicted molar refractivity (Wildman–Crippen MR) is 145 cm³/mol. The lowest BCUT2D eigenvalue weighted by Crippen LogP contribution is -2.25. The Morgan fingerprint density at radius 1 is 1.00 bits per heavy atom. The van der Waals surface area contributed by atoms with E-state index in [0.29, 0.717) is 45.1 Å². The van der Waals surface area contributed by atoms with E-state index in [1.807, 2.05) is 18.2 Å². The van der Waals surface area contributed by atoms with E-state index < -0.39 is 0 Å². The van der Waals surface area contributed by atoms with Gasteiger partial charge in [-0.2, -0.15) is 9.78 Å². The Morgan fingerprint density at radius 3 is 2.45 bits per heavy atom. The lowest BCUT2D eigenvalue weighted by molar-refractivity contribution is 0.265. The highest BCUT2D eigenvalue weighted by Gasteiger charge is 2.22. The minimum absolute atomic E-state index is 0.140. The molecule has 5 rings (SSSR count). The first-order chi connectivity index (χ1) is 18.6. The topological polar surface area (TPSA) is 74.9 Å². The van der Waals surface area contributed by atoms with Crippen LogP contribution in [0.2, 0.25) is 0 Å². The van der Waals surface area contributed by atoms with Gasteiger partial charge in [0.2, 0.25) is 5.75 Å². The van der Waals surface area contributed by atoms with Gasteiger partial charge in [0.15, 0.2) is 11.5 Å². The highest BCUT2D eigenvalue weighted by molar-refractivity contribution is 5.83. The molecule has 4 aromatic rings. The van der Waals surface area contributed by atoms with Crippen LogP contribution in [0.4, 0.5) is 4.39 Å². The SMILES string of the molecule is COc1cc(C=Nn2c(C3CCCCC3)nc3ccccc3c2=O)cc(OC)c1OCc1cccc(F)c1. The van der Waals surface area contributed by atoms with Crippen molar-refractivity contribution in [1.29, 1.82) is 0 Å². The molecule has 0 spiro atoms. The summed E-state index contributed by atoms with van der Waals surface area (Å²) in [7, 11) is 3.06. The normalized spacial score (nSPS) is 14.2. The Balaban J connectivity index is 1.50. The van der Waals surface area contributed by atoms with Crippen LogP contribution in [-0.2, 0) is 6.61 Å². The molecule has 0 unspecified atom stereocenters. The van der Waals surface area contributed by atoms with Gasteiger partial charge in [0.05, 0.1) is 31.3 Å². The number of aromatic nitrogens is 2. The molecule has 1 saturated carbocycles. The summed E-state index contributed by atoms with van der Waals surface area (Å²) in [5.41, 5.74) is 1.83. The first-order valence-corrected chi connectivity index (χ1v) is 12.8. The molecule has 38 heavy (non-hydrogen) atoms. The minimum Gasteiger partial charge on any atom is -0.493 e. The number of nitrogens with zero attached hydrogens (tertiary/aromatic N) is 3. The van der Waals surface area contributed by atoms with Gasteiger partial charge in [0, 0.05) is 11.5 Å². The highest BCUT2D eigenvalue weighted by Crippen LogP contribution is 2.39. The van der Waals surface area contributed by atoms with Gasteiger partial charge < -0.3 is 14.2 Å². The van der Waals surface area contributed by atoms with Gasteiger partial charge in [0.1, 0.15) is 18.2 Å². The molecule has 7 nitrogen and oxygen atoms in total. The van der Waals surface area contributed by atoms with E-state index in [-0.39, 0.29) is 23.9 Å². The number of rotatable bonds is 8. The molecular formula is C30H30FN3O4. The molecule has 3 aromatic carbocycles. The number of hydrogen-bond donors (Lipinski definition) is 0. The predicted octanol–water partition coefficient (Wildman–Crippen LogP) is 6.06. The molecule has 1 fully saturated rings. The highest BCUT2D eigenvalue weighted by atomic mass is 19.1. The van der Waals surface area contributed by atoms with E-state index in [4.69, 9.17) is 19.2 Å². The van der Waals surface area contributed by atoms with E-state index >= 15 is 0 Å². The van der Waals surface area contributed by atoms with E-state index in [2.05, 4.69) is 5.10 Å². The first-order valence-electron chi connectivity index (χ1n) is 12.8. The summed E-state index contributed by atoms with van der Waals surface area (Å²) in [5, 5.41) is 5.14. The summed E-state index contributed by atoms with van der Waals surface area (Å²) in [6.07, 6.45) is 7.00. The van der Waals surface area contributed by atoms with E-state index in [1.165, 1.54) is 37.4 Å². The van der Waals surface area contributed by atoms with Crippen molar-refractivity contribution < 1.29 is 18.6 Å². The number of para-hydroxylation sites is 1. The summed E-state index contributed by atoms with van der Waals surface area (Å²) in [5.74, 6) is 1.79.